The maximum Gasteiger partial charge on any atom is 0.0261 e. The highest BCUT2D eigenvalue weighted by Gasteiger charge is 2.09. The molecule has 0 aromatic heterocycles. The Morgan fingerprint density at radius 2 is 1.91 bits per heavy atom. The Hall–Kier alpha value is -0.120. The highest BCUT2D eigenvalue weighted by atomic mass is 15.2. The molecule has 1 fully saturated rings. The summed E-state index contributed by atoms with van der Waals surface area (Å²) in [5.74, 6) is 0. The van der Waals surface area contributed by atoms with Gasteiger partial charge in [-0.25, -0.2) is 5.32 Å². The molecule has 0 N–H and O–H groups in total. The average Bonchev–Trinajstić information content (AvgIpc) is 2.03. The van der Waals surface area contributed by atoms with Crippen LogP contribution in [-0.4, -0.2) is 63.2 Å². The first kappa shape index (κ1) is 8.97. The Balaban J connectivity index is 2.05. The van der Waals surface area contributed by atoms with Crippen LogP contribution in [-0.2, 0) is 0 Å². The minimum atomic E-state index is 1.04. The van der Waals surface area contributed by atoms with Gasteiger partial charge >= 0.3 is 0 Å². The predicted molar refractivity (Wildman–Crippen MR) is 46.9 cm³/mol. The SMILES string of the molecule is CN(C)CCN1CC[N]CC1. The minimum absolute atomic E-state index is 1.04. The number of nitrogens with zero attached hydrogens (tertiary/aromatic N) is 3. The molecule has 3 nitrogen and oxygen atoms in total. The Kier molecular flexibility index (Phi) is 3.83. The monoisotopic (exact) mass is 156 g/mol. The molecule has 0 aliphatic carbocycles. The summed E-state index contributed by atoms with van der Waals surface area (Å²) in [6.07, 6.45) is 0. The third-order valence-corrected chi connectivity index (χ3v) is 2.01. The number of hydrogen-bond donors (Lipinski definition) is 0. The van der Waals surface area contributed by atoms with Crippen LogP contribution >= 0.6 is 0 Å². The van der Waals surface area contributed by atoms with Gasteiger partial charge in [0.05, 0.1) is 0 Å². The molecule has 1 aliphatic rings. The zero-order valence-electron chi connectivity index (χ0n) is 7.58. The first-order valence-corrected chi connectivity index (χ1v) is 4.29. The fourth-order valence-corrected chi connectivity index (χ4v) is 1.21. The molecule has 1 saturated heterocycles. The lowest BCUT2D eigenvalue weighted by Crippen LogP contribution is -2.43. The lowest BCUT2D eigenvalue weighted by molar-refractivity contribution is 0.215. The van der Waals surface area contributed by atoms with Gasteiger partial charge in [-0.3, -0.25) is 4.90 Å². The molecule has 0 atom stereocenters. The zero-order valence-corrected chi connectivity index (χ0v) is 7.58. The van der Waals surface area contributed by atoms with Crippen LogP contribution in [0.4, 0.5) is 0 Å². The molecule has 1 aliphatic heterocycles. The molecule has 0 aromatic carbocycles. The van der Waals surface area contributed by atoms with Crippen LogP contribution in [0.5, 0.6) is 0 Å². The Morgan fingerprint density at radius 3 is 2.45 bits per heavy atom. The van der Waals surface area contributed by atoms with Crippen molar-refractivity contribution in [3.8, 4) is 0 Å². The molecule has 1 rings (SSSR count). The lowest BCUT2D eigenvalue weighted by atomic mass is 10.3. The summed E-state index contributed by atoms with van der Waals surface area (Å²) in [6, 6.07) is 0. The topological polar surface area (TPSA) is 20.6 Å². The third kappa shape index (κ3) is 3.70. The van der Waals surface area contributed by atoms with E-state index in [0.717, 1.165) is 26.2 Å². The van der Waals surface area contributed by atoms with Gasteiger partial charge in [0.1, 0.15) is 0 Å². The van der Waals surface area contributed by atoms with Gasteiger partial charge in [0.25, 0.3) is 0 Å². The molecule has 0 amide bonds. The minimum Gasteiger partial charge on any atom is -0.308 e. The van der Waals surface area contributed by atoms with E-state index in [1.165, 1.54) is 13.1 Å². The molecule has 3 heteroatoms. The molecule has 0 spiro atoms. The van der Waals surface area contributed by atoms with Crippen molar-refractivity contribution in [1.82, 2.24) is 15.1 Å². The molecular formula is C8H18N3. The van der Waals surface area contributed by atoms with E-state index in [0.29, 0.717) is 0 Å². The van der Waals surface area contributed by atoms with E-state index in [-0.39, 0.29) is 0 Å². The van der Waals surface area contributed by atoms with E-state index in [1.54, 1.807) is 0 Å². The van der Waals surface area contributed by atoms with Crippen molar-refractivity contribution in [2.45, 2.75) is 0 Å². The molecular weight excluding hydrogens is 138 g/mol. The summed E-state index contributed by atoms with van der Waals surface area (Å²) in [4.78, 5) is 4.71. The van der Waals surface area contributed by atoms with Crippen molar-refractivity contribution in [3.63, 3.8) is 0 Å². The standard InChI is InChI=1S/C8H18N3/c1-10(2)7-8-11-5-3-9-4-6-11/h3-8H2,1-2H3. The van der Waals surface area contributed by atoms with Gasteiger partial charge < -0.3 is 4.90 Å². The number of hydrogen-bond acceptors (Lipinski definition) is 2. The van der Waals surface area contributed by atoms with Gasteiger partial charge in [-0.15, -0.1) is 0 Å². The van der Waals surface area contributed by atoms with Gasteiger partial charge in [-0.2, -0.15) is 0 Å². The molecule has 0 aromatic rings. The first-order chi connectivity index (χ1) is 5.29. The highest BCUT2D eigenvalue weighted by molar-refractivity contribution is 4.67. The van der Waals surface area contributed by atoms with Crippen molar-refractivity contribution in [2.24, 2.45) is 0 Å². The smallest absolute Gasteiger partial charge is 0.0261 e. The van der Waals surface area contributed by atoms with Crippen molar-refractivity contribution in [1.29, 1.82) is 0 Å². The van der Waals surface area contributed by atoms with Crippen LogP contribution in [0.15, 0.2) is 0 Å². The molecule has 1 radical (unpaired) electrons. The number of piperazine rings is 1. The summed E-state index contributed by atoms with van der Waals surface area (Å²) >= 11 is 0. The van der Waals surface area contributed by atoms with E-state index in [9.17, 15) is 0 Å². The van der Waals surface area contributed by atoms with Crippen LogP contribution in [0, 0.1) is 0 Å². The van der Waals surface area contributed by atoms with Gasteiger partial charge in [0, 0.05) is 39.3 Å². The van der Waals surface area contributed by atoms with Crippen LogP contribution < -0.4 is 5.32 Å². The zero-order chi connectivity index (χ0) is 8.10. The lowest BCUT2D eigenvalue weighted by Gasteiger charge is -2.27. The Morgan fingerprint density at radius 1 is 1.27 bits per heavy atom. The second kappa shape index (κ2) is 4.70. The molecule has 1 heterocycles. The summed E-state index contributed by atoms with van der Waals surface area (Å²) in [7, 11) is 4.24. The summed E-state index contributed by atoms with van der Waals surface area (Å²) < 4.78 is 0. The van der Waals surface area contributed by atoms with Crippen LogP contribution in [0.1, 0.15) is 0 Å². The molecule has 0 unspecified atom stereocenters. The van der Waals surface area contributed by atoms with Gasteiger partial charge in [0.2, 0.25) is 0 Å². The van der Waals surface area contributed by atoms with E-state index in [2.05, 4.69) is 29.2 Å². The van der Waals surface area contributed by atoms with Gasteiger partial charge in [0.15, 0.2) is 0 Å². The number of rotatable bonds is 3. The quantitative estimate of drug-likeness (QED) is 0.547. The second-order valence-electron chi connectivity index (χ2n) is 3.32. The molecule has 0 bridgehead atoms. The van der Waals surface area contributed by atoms with Crippen molar-refractivity contribution >= 4 is 0 Å². The predicted octanol–water partition coefficient (Wildman–Crippen LogP) is -0.532. The molecule has 0 saturated carbocycles. The highest BCUT2D eigenvalue weighted by Crippen LogP contribution is 1.92. The van der Waals surface area contributed by atoms with E-state index in [1.807, 2.05) is 0 Å². The van der Waals surface area contributed by atoms with Gasteiger partial charge in [-0.05, 0) is 14.1 Å². The van der Waals surface area contributed by atoms with E-state index in [4.69, 9.17) is 0 Å². The maximum atomic E-state index is 4.30. The Labute approximate surface area is 69.4 Å². The third-order valence-electron chi connectivity index (χ3n) is 2.01. The fraction of sp³-hybridized carbons (Fsp3) is 1.00. The largest absolute Gasteiger partial charge is 0.308 e. The maximum absolute atomic E-state index is 4.30. The van der Waals surface area contributed by atoms with Crippen molar-refractivity contribution < 1.29 is 0 Å². The van der Waals surface area contributed by atoms with E-state index >= 15 is 0 Å². The average molecular weight is 156 g/mol. The van der Waals surface area contributed by atoms with Crippen LogP contribution in [0.3, 0.4) is 0 Å². The Bertz CT molecular complexity index is 97.5. The van der Waals surface area contributed by atoms with Crippen molar-refractivity contribution in [3.05, 3.63) is 0 Å². The van der Waals surface area contributed by atoms with Gasteiger partial charge in [-0.1, -0.05) is 0 Å². The number of likely N-dealkylation sites (N-methyl/N-ethyl adjacent to an activating group) is 1. The fourth-order valence-electron chi connectivity index (χ4n) is 1.21. The molecule has 11 heavy (non-hydrogen) atoms. The van der Waals surface area contributed by atoms with E-state index < -0.39 is 0 Å². The van der Waals surface area contributed by atoms with Crippen LogP contribution in [0.25, 0.3) is 0 Å². The second-order valence-corrected chi connectivity index (χ2v) is 3.32. The summed E-state index contributed by atoms with van der Waals surface area (Å²) in [5.41, 5.74) is 0. The van der Waals surface area contributed by atoms with Crippen molar-refractivity contribution in [2.75, 3.05) is 53.4 Å². The molecule has 65 valence electrons. The summed E-state index contributed by atoms with van der Waals surface area (Å²) in [6.45, 7) is 6.76. The normalized spacial score (nSPS) is 21.0. The summed E-state index contributed by atoms with van der Waals surface area (Å²) in [5, 5.41) is 4.30. The van der Waals surface area contributed by atoms with Crippen LogP contribution in [0.2, 0.25) is 0 Å². The first-order valence-electron chi connectivity index (χ1n) is 4.29.